The predicted molar refractivity (Wildman–Crippen MR) is 112 cm³/mol. The zero-order chi connectivity index (χ0) is 23.6. The van der Waals surface area contributed by atoms with Crippen LogP contribution in [0.3, 0.4) is 0 Å². The van der Waals surface area contributed by atoms with Crippen molar-refractivity contribution in [2.75, 3.05) is 6.61 Å². The molecule has 2 heterocycles. The smallest absolute Gasteiger partial charge is 0.422 e. The standard InChI is InChI=1S/C20H16Cl2F3N3O4/c1-2-28-12(9-27-6-5-16(26-27)32-10-20(23,24)25)8-15(29)17(19(30)31)18(28)11-3-4-13(21)14(22)7-11/h3-8H,2,9-10H2,1H3,(H,30,31). The van der Waals surface area contributed by atoms with Crippen LogP contribution >= 0.6 is 23.2 Å². The van der Waals surface area contributed by atoms with Crippen molar-refractivity contribution in [3.63, 3.8) is 0 Å². The first-order chi connectivity index (χ1) is 15.0. The van der Waals surface area contributed by atoms with Crippen molar-refractivity contribution in [2.24, 2.45) is 0 Å². The number of alkyl halides is 3. The fourth-order valence-electron chi connectivity index (χ4n) is 3.17. The van der Waals surface area contributed by atoms with Gasteiger partial charge in [0.15, 0.2) is 12.0 Å². The van der Waals surface area contributed by atoms with Crippen LogP contribution in [-0.4, -0.2) is 38.2 Å². The summed E-state index contributed by atoms with van der Waals surface area (Å²) in [5.74, 6) is -1.65. The van der Waals surface area contributed by atoms with Crippen molar-refractivity contribution in [3.05, 3.63) is 68.1 Å². The zero-order valence-electron chi connectivity index (χ0n) is 16.5. The second kappa shape index (κ2) is 9.25. The first-order valence-corrected chi connectivity index (χ1v) is 9.94. The number of carboxylic acid groups (broad SMARTS) is 1. The fraction of sp³-hybridized carbons (Fsp3) is 0.250. The SMILES string of the molecule is CCn1c(Cn2ccc(OCC(F)(F)F)n2)cc(=O)c(C(=O)O)c1-c1ccc(Cl)c(Cl)c1. The third-order valence-corrected chi connectivity index (χ3v) is 5.18. The number of benzene rings is 1. The van der Waals surface area contributed by atoms with Gasteiger partial charge in [-0.3, -0.25) is 9.48 Å². The van der Waals surface area contributed by atoms with E-state index < -0.39 is 29.7 Å². The van der Waals surface area contributed by atoms with Crippen molar-refractivity contribution >= 4 is 29.2 Å². The van der Waals surface area contributed by atoms with Crippen molar-refractivity contribution < 1.29 is 27.8 Å². The molecule has 3 aromatic rings. The Kier molecular flexibility index (Phi) is 6.85. The summed E-state index contributed by atoms with van der Waals surface area (Å²) < 4.78 is 44.5. The topological polar surface area (TPSA) is 86.4 Å². The van der Waals surface area contributed by atoms with Gasteiger partial charge in [-0.25, -0.2) is 4.79 Å². The number of nitrogens with zero attached hydrogens (tertiary/aromatic N) is 3. The van der Waals surface area contributed by atoms with E-state index in [1.807, 2.05) is 0 Å². The average molecular weight is 490 g/mol. The number of carboxylic acids is 1. The quantitative estimate of drug-likeness (QED) is 0.518. The van der Waals surface area contributed by atoms with Crippen LogP contribution in [-0.2, 0) is 13.1 Å². The molecule has 0 aliphatic carbocycles. The van der Waals surface area contributed by atoms with E-state index >= 15 is 0 Å². The summed E-state index contributed by atoms with van der Waals surface area (Å²) in [6.45, 7) is 0.525. The van der Waals surface area contributed by atoms with E-state index in [2.05, 4.69) is 9.84 Å². The highest BCUT2D eigenvalue weighted by molar-refractivity contribution is 6.42. The lowest BCUT2D eigenvalue weighted by molar-refractivity contribution is -0.154. The number of carbonyl (C=O) groups is 1. The summed E-state index contributed by atoms with van der Waals surface area (Å²) in [6, 6.07) is 6.90. The first kappa shape index (κ1) is 23.7. The van der Waals surface area contributed by atoms with Crippen LogP contribution in [0.2, 0.25) is 10.0 Å². The molecule has 0 spiro atoms. The maximum absolute atomic E-state index is 12.7. The summed E-state index contributed by atoms with van der Waals surface area (Å²) in [5.41, 5.74) is -0.300. The number of pyridine rings is 1. The third kappa shape index (κ3) is 5.25. The van der Waals surface area contributed by atoms with Crippen LogP contribution in [0.4, 0.5) is 13.2 Å². The van der Waals surface area contributed by atoms with Gasteiger partial charge in [0, 0.05) is 36.1 Å². The highest BCUT2D eigenvalue weighted by atomic mass is 35.5. The predicted octanol–water partition coefficient (Wildman–Crippen LogP) is 4.73. The molecule has 12 heteroatoms. The van der Waals surface area contributed by atoms with E-state index in [1.54, 1.807) is 17.6 Å². The van der Waals surface area contributed by atoms with Gasteiger partial charge in [0.05, 0.1) is 22.3 Å². The molecule has 0 saturated heterocycles. The molecule has 32 heavy (non-hydrogen) atoms. The molecule has 170 valence electrons. The molecule has 0 unspecified atom stereocenters. The van der Waals surface area contributed by atoms with Crippen LogP contribution in [0.1, 0.15) is 23.0 Å². The molecule has 0 radical (unpaired) electrons. The van der Waals surface area contributed by atoms with Crippen molar-refractivity contribution in [1.82, 2.24) is 14.3 Å². The molecular formula is C20H16Cl2F3N3O4. The number of aromatic nitrogens is 3. The Labute approximate surface area is 189 Å². The lowest BCUT2D eigenvalue weighted by Crippen LogP contribution is -2.24. The Morgan fingerprint density at radius 2 is 1.91 bits per heavy atom. The molecule has 1 N–H and O–H groups in total. The van der Waals surface area contributed by atoms with E-state index in [0.29, 0.717) is 11.3 Å². The molecule has 0 aliphatic heterocycles. The zero-order valence-corrected chi connectivity index (χ0v) is 18.0. The van der Waals surface area contributed by atoms with E-state index in [0.717, 1.165) is 6.07 Å². The molecule has 0 bridgehead atoms. The highest BCUT2D eigenvalue weighted by Gasteiger charge is 2.29. The van der Waals surface area contributed by atoms with E-state index in [9.17, 15) is 27.9 Å². The van der Waals surface area contributed by atoms with Crippen LogP contribution in [0.25, 0.3) is 11.3 Å². The fourth-order valence-corrected chi connectivity index (χ4v) is 3.47. The second-order valence-corrected chi connectivity index (χ2v) is 7.47. The third-order valence-electron chi connectivity index (χ3n) is 4.44. The Morgan fingerprint density at radius 1 is 1.19 bits per heavy atom. The van der Waals surface area contributed by atoms with Gasteiger partial charge in [-0.2, -0.15) is 13.2 Å². The van der Waals surface area contributed by atoms with Crippen molar-refractivity contribution in [2.45, 2.75) is 26.2 Å². The Morgan fingerprint density at radius 3 is 2.50 bits per heavy atom. The monoisotopic (exact) mass is 489 g/mol. The Bertz CT molecular complexity index is 1220. The van der Waals surface area contributed by atoms with Gasteiger partial charge in [-0.15, -0.1) is 5.10 Å². The number of halogens is 5. The number of rotatable bonds is 7. The van der Waals surface area contributed by atoms with Gasteiger partial charge in [0.1, 0.15) is 5.56 Å². The molecule has 0 fully saturated rings. The van der Waals surface area contributed by atoms with E-state index in [1.165, 1.54) is 29.1 Å². The number of hydrogen-bond acceptors (Lipinski definition) is 4. The lowest BCUT2D eigenvalue weighted by atomic mass is 10.0. The van der Waals surface area contributed by atoms with Gasteiger partial charge in [-0.05, 0) is 19.1 Å². The summed E-state index contributed by atoms with van der Waals surface area (Å²) in [6.07, 6.45) is -3.12. The van der Waals surface area contributed by atoms with Crippen LogP contribution < -0.4 is 10.2 Å². The second-order valence-electron chi connectivity index (χ2n) is 6.66. The molecular weight excluding hydrogens is 474 g/mol. The van der Waals surface area contributed by atoms with Gasteiger partial charge in [-0.1, -0.05) is 29.3 Å². The highest BCUT2D eigenvalue weighted by Crippen LogP contribution is 2.30. The first-order valence-electron chi connectivity index (χ1n) is 9.18. The van der Waals surface area contributed by atoms with E-state index in [-0.39, 0.29) is 34.7 Å². The average Bonchev–Trinajstić information content (AvgIpc) is 3.14. The van der Waals surface area contributed by atoms with Gasteiger partial charge in [0.25, 0.3) is 0 Å². The van der Waals surface area contributed by atoms with E-state index in [4.69, 9.17) is 23.2 Å². The Balaban J connectivity index is 2.07. The normalized spacial score (nSPS) is 11.6. The summed E-state index contributed by atoms with van der Waals surface area (Å²) in [4.78, 5) is 24.5. The van der Waals surface area contributed by atoms with Crippen molar-refractivity contribution in [3.8, 4) is 17.1 Å². The van der Waals surface area contributed by atoms with Crippen LogP contribution in [0.15, 0.2) is 41.3 Å². The number of aromatic carboxylic acids is 1. The molecule has 0 aliphatic rings. The minimum absolute atomic E-state index is 0.0212. The largest absolute Gasteiger partial charge is 0.477 e. The lowest BCUT2D eigenvalue weighted by Gasteiger charge is -2.20. The van der Waals surface area contributed by atoms with Crippen LogP contribution in [0.5, 0.6) is 5.88 Å². The summed E-state index contributed by atoms with van der Waals surface area (Å²) in [7, 11) is 0. The molecule has 0 saturated carbocycles. The minimum atomic E-state index is -4.51. The summed E-state index contributed by atoms with van der Waals surface area (Å²) in [5, 5.41) is 14.0. The number of ether oxygens (including phenoxy) is 1. The van der Waals surface area contributed by atoms with Crippen LogP contribution in [0, 0.1) is 0 Å². The molecule has 1 aromatic carbocycles. The molecule has 3 rings (SSSR count). The molecule has 2 aromatic heterocycles. The summed E-state index contributed by atoms with van der Waals surface area (Å²) >= 11 is 12.0. The molecule has 7 nitrogen and oxygen atoms in total. The van der Waals surface area contributed by atoms with Gasteiger partial charge >= 0.3 is 12.1 Å². The molecule has 0 amide bonds. The van der Waals surface area contributed by atoms with Gasteiger partial charge < -0.3 is 14.4 Å². The minimum Gasteiger partial charge on any atom is -0.477 e. The number of hydrogen-bond donors (Lipinski definition) is 1. The maximum atomic E-state index is 12.7. The van der Waals surface area contributed by atoms with Crippen molar-refractivity contribution in [1.29, 1.82) is 0 Å². The maximum Gasteiger partial charge on any atom is 0.422 e. The Hall–Kier alpha value is -2.98. The van der Waals surface area contributed by atoms with Gasteiger partial charge in [0.2, 0.25) is 5.88 Å². The molecule has 0 atom stereocenters.